The van der Waals surface area contributed by atoms with Gasteiger partial charge in [-0.2, -0.15) is 0 Å². The Morgan fingerprint density at radius 2 is 1.86 bits per heavy atom. The van der Waals surface area contributed by atoms with Crippen molar-refractivity contribution >= 4 is 11.0 Å². The number of hydrogen-bond donors (Lipinski definition) is 2. The minimum absolute atomic E-state index is 0.0644. The molecule has 0 atom stereocenters. The van der Waals surface area contributed by atoms with E-state index in [-0.39, 0.29) is 17.1 Å². The van der Waals surface area contributed by atoms with Gasteiger partial charge in [0.2, 0.25) is 0 Å². The minimum Gasteiger partial charge on any atom is -0.504 e. The second-order valence-corrected chi connectivity index (χ2v) is 4.53. The maximum atomic E-state index is 12.1. The molecule has 0 aliphatic carbocycles. The molecule has 0 unspecified atom stereocenters. The third-order valence-electron chi connectivity index (χ3n) is 3.23. The SMILES string of the molecule is COc1ccc(-c2cc3cccc(O)c3oc2=O)cc1O. The molecule has 0 bridgehead atoms. The Morgan fingerprint density at radius 1 is 1.05 bits per heavy atom. The molecule has 3 aromatic rings. The Morgan fingerprint density at radius 3 is 2.57 bits per heavy atom. The van der Waals surface area contributed by atoms with Gasteiger partial charge in [0.1, 0.15) is 0 Å². The number of fused-ring (bicyclic) bond motifs is 1. The molecule has 3 rings (SSSR count). The zero-order valence-corrected chi connectivity index (χ0v) is 11.2. The highest BCUT2D eigenvalue weighted by molar-refractivity contribution is 5.86. The zero-order valence-electron chi connectivity index (χ0n) is 11.2. The average Bonchev–Trinajstić information content (AvgIpc) is 2.47. The van der Waals surface area contributed by atoms with Crippen LogP contribution in [0.15, 0.2) is 51.7 Å². The molecule has 5 nitrogen and oxygen atoms in total. The number of para-hydroxylation sites is 1. The van der Waals surface area contributed by atoms with Gasteiger partial charge in [-0.25, -0.2) is 4.79 Å². The summed E-state index contributed by atoms with van der Waals surface area (Å²) in [6, 6.07) is 11.1. The molecule has 21 heavy (non-hydrogen) atoms. The van der Waals surface area contributed by atoms with E-state index in [4.69, 9.17) is 9.15 Å². The smallest absolute Gasteiger partial charge is 0.344 e. The van der Waals surface area contributed by atoms with Crippen molar-refractivity contribution in [2.75, 3.05) is 7.11 Å². The second kappa shape index (κ2) is 4.86. The summed E-state index contributed by atoms with van der Waals surface area (Å²) >= 11 is 0. The van der Waals surface area contributed by atoms with Crippen LogP contribution in [0.1, 0.15) is 0 Å². The van der Waals surface area contributed by atoms with E-state index in [1.165, 1.54) is 19.2 Å². The van der Waals surface area contributed by atoms with Crippen LogP contribution in [0, 0.1) is 0 Å². The van der Waals surface area contributed by atoms with Crippen LogP contribution in [0.3, 0.4) is 0 Å². The molecule has 0 radical (unpaired) electrons. The lowest BCUT2D eigenvalue weighted by Crippen LogP contribution is -2.02. The fourth-order valence-electron chi connectivity index (χ4n) is 2.19. The summed E-state index contributed by atoms with van der Waals surface area (Å²) in [5.41, 5.74) is 0.357. The van der Waals surface area contributed by atoms with Crippen molar-refractivity contribution in [2.24, 2.45) is 0 Å². The number of aromatic hydroxyl groups is 2. The van der Waals surface area contributed by atoms with Crippen molar-refractivity contribution in [1.82, 2.24) is 0 Å². The van der Waals surface area contributed by atoms with Crippen LogP contribution in [-0.4, -0.2) is 17.3 Å². The first-order valence-electron chi connectivity index (χ1n) is 6.23. The lowest BCUT2D eigenvalue weighted by molar-refractivity contribution is 0.373. The molecule has 0 saturated carbocycles. The summed E-state index contributed by atoms with van der Waals surface area (Å²) in [4.78, 5) is 12.1. The van der Waals surface area contributed by atoms with E-state index in [0.29, 0.717) is 22.3 Å². The molecule has 1 aromatic heterocycles. The molecule has 0 aliphatic heterocycles. The molecule has 0 spiro atoms. The van der Waals surface area contributed by atoms with Crippen LogP contribution in [0.4, 0.5) is 0 Å². The molecule has 106 valence electrons. The fourth-order valence-corrected chi connectivity index (χ4v) is 2.19. The molecule has 0 fully saturated rings. The monoisotopic (exact) mass is 284 g/mol. The summed E-state index contributed by atoms with van der Waals surface area (Å²) in [6.07, 6.45) is 0. The van der Waals surface area contributed by atoms with Crippen molar-refractivity contribution in [3.8, 4) is 28.4 Å². The van der Waals surface area contributed by atoms with Gasteiger partial charge in [-0.1, -0.05) is 18.2 Å². The van der Waals surface area contributed by atoms with Gasteiger partial charge < -0.3 is 19.4 Å². The first-order valence-corrected chi connectivity index (χ1v) is 6.23. The van der Waals surface area contributed by atoms with E-state index in [1.54, 1.807) is 30.3 Å². The number of phenols is 2. The minimum atomic E-state index is -0.589. The van der Waals surface area contributed by atoms with E-state index in [0.717, 1.165) is 0 Å². The topological polar surface area (TPSA) is 79.9 Å². The van der Waals surface area contributed by atoms with Crippen molar-refractivity contribution in [3.63, 3.8) is 0 Å². The van der Waals surface area contributed by atoms with E-state index in [9.17, 15) is 15.0 Å². The van der Waals surface area contributed by atoms with Gasteiger partial charge in [0.05, 0.1) is 12.7 Å². The molecule has 0 aliphatic rings. The maximum Gasteiger partial charge on any atom is 0.344 e. The summed E-state index contributed by atoms with van der Waals surface area (Å²) < 4.78 is 10.1. The normalized spacial score (nSPS) is 10.7. The molecule has 5 heteroatoms. The maximum absolute atomic E-state index is 12.1. The van der Waals surface area contributed by atoms with Crippen molar-refractivity contribution < 1.29 is 19.4 Å². The molecule has 0 saturated heterocycles. The van der Waals surface area contributed by atoms with Crippen LogP contribution in [0.2, 0.25) is 0 Å². The number of methoxy groups -OCH3 is 1. The quantitative estimate of drug-likeness (QED) is 0.707. The van der Waals surface area contributed by atoms with E-state index < -0.39 is 5.63 Å². The zero-order chi connectivity index (χ0) is 15.0. The van der Waals surface area contributed by atoms with Gasteiger partial charge in [0.15, 0.2) is 22.8 Å². The van der Waals surface area contributed by atoms with Crippen LogP contribution in [0.25, 0.3) is 22.1 Å². The number of benzene rings is 2. The highest BCUT2D eigenvalue weighted by atomic mass is 16.5. The summed E-state index contributed by atoms with van der Waals surface area (Å²) in [6.45, 7) is 0. The molecule has 0 amide bonds. The van der Waals surface area contributed by atoms with Gasteiger partial charge in [0.25, 0.3) is 0 Å². The van der Waals surface area contributed by atoms with Crippen LogP contribution >= 0.6 is 0 Å². The van der Waals surface area contributed by atoms with Crippen molar-refractivity contribution in [1.29, 1.82) is 0 Å². The highest BCUT2D eigenvalue weighted by Crippen LogP contribution is 2.32. The van der Waals surface area contributed by atoms with E-state index in [1.807, 2.05) is 0 Å². The summed E-state index contributed by atoms with van der Waals surface area (Å²) in [7, 11) is 1.45. The Kier molecular flexibility index (Phi) is 3.02. The molecule has 2 N–H and O–H groups in total. The molecule has 1 heterocycles. The average molecular weight is 284 g/mol. The van der Waals surface area contributed by atoms with Gasteiger partial charge >= 0.3 is 5.63 Å². The third-order valence-corrected chi connectivity index (χ3v) is 3.23. The number of phenolic OH excluding ortho intramolecular Hbond substituents is 2. The van der Waals surface area contributed by atoms with E-state index >= 15 is 0 Å². The van der Waals surface area contributed by atoms with Gasteiger partial charge in [-0.3, -0.25) is 0 Å². The van der Waals surface area contributed by atoms with E-state index in [2.05, 4.69) is 0 Å². The first-order chi connectivity index (χ1) is 10.1. The van der Waals surface area contributed by atoms with Crippen LogP contribution < -0.4 is 10.4 Å². The fraction of sp³-hybridized carbons (Fsp3) is 0.0625. The largest absolute Gasteiger partial charge is 0.504 e. The van der Waals surface area contributed by atoms with Gasteiger partial charge in [0, 0.05) is 5.39 Å². The molecule has 2 aromatic carbocycles. The molecular weight excluding hydrogens is 272 g/mol. The van der Waals surface area contributed by atoms with Crippen LogP contribution in [-0.2, 0) is 0 Å². The Bertz CT molecular complexity index is 879. The Labute approximate surface area is 119 Å². The summed E-state index contributed by atoms with van der Waals surface area (Å²) in [5.74, 6) is 0.167. The van der Waals surface area contributed by atoms with Gasteiger partial charge in [-0.15, -0.1) is 0 Å². The highest BCUT2D eigenvalue weighted by Gasteiger charge is 2.12. The number of ether oxygens (including phenoxy) is 1. The lowest BCUT2D eigenvalue weighted by Gasteiger charge is -2.07. The third kappa shape index (κ3) is 2.18. The van der Waals surface area contributed by atoms with Crippen molar-refractivity contribution in [2.45, 2.75) is 0 Å². The van der Waals surface area contributed by atoms with Crippen molar-refractivity contribution in [3.05, 3.63) is 52.9 Å². The number of hydrogen-bond acceptors (Lipinski definition) is 5. The standard InChI is InChI=1S/C16H12O5/c1-20-14-6-5-9(8-13(14)18)11-7-10-3-2-4-12(17)15(10)21-16(11)19/h2-8,17-18H,1H3. The summed E-state index contributed by atoms with van der Waals surface area (Å²) in [5, 5.41) is 20.1. The Balaban J connectivity index is 2.23. The lowest BCUT2D eigenvalue weighted by atomic mass is 10.1. The predicted octanol–water partition coefficient (Wildman–Crippen LogP) is 2.88. The van der Waals surface area contributed by atoms with Gasteiger partial charge in [-0.05, 0) is 29.8 Å². The second-order valence-electron chi connectivity index (χ2n) is 4.53. The first kappa shape index (κ1) is 13.1. The number of rotatable bonds is 2. The molecular formula is C16H12O5. The van der Waals surface area contributed by atoms with Crippen LogP contribution in [0.5, 0.6) is 17.2 Å². The Hall–Kier alpha value is -2.95. The predicted molar refractivity (Wildman–Crippen MR) is 77.8 cm³/mol.